The van der Waals surface area contributed by atoms with Crippen LogP contribution in [0.25, 0.3) is 0 Å². The number of rotatable bonds is 4. The van der Waals surface area contributed by atoms with Gasteiger partial charge in [-0.15, -0.1) is 0 Å². The minimum Gasteiger partial charge on any atom is -0.443 e. The van der Waals surface area contributed by atoms with Crippen LogP contribution in [0.15, 0.2) is 60.7 Å². The first-order valence-electron chi connectivity index (χ1n) is 9.06. The van der Waals surface area contributed by atoms with E-state index in [1.165, 1.54) is 0 Å². The van der Waals surface area contributed by atoms with Crippen molar-refractivity contribution < 1.29 is 9.53 Å². The normalized spacial score (nSPS) is 24.9. The topological polar surface area (TPSA) is 41.6 Å². The molecule has 2 bridgehead atoms. The average Bonchev–Trinajstić information content (AvgIpc) is 2.68. The predicted molar refractivity (Wildman–Crippen MR) is 97.4 cm³/mol. The largest absolute Gasteiger partial charge is 0.443 e. The number of carbonyl (C=O) groups is 1. The summed E-state index contributed by atoms with van der Waals surface area (Å²) >= 11 is 0. The van der Waals surface area contributed by atoms with Crippen LogP contribution in [0.4, 0.5) is 4.79 Å². The summed E-state index contributed by atoms with van der Waals surface area (Å²) in [6.45, 7) is 3.11. The summed E-state index contributed by atoms with van der Waals surface area (Å²) in [6, 6.07) is 19.9. The van der Waals surface area contributed by atoms with Crippen LogP contribution >= 0.6 is 0 Å². The minimum absolute atomic E-state index is 0.199. The third kappa shape index (κ3) is 3.54. The summed E-state index contributed by atoms with van der Waals surface area (Å²) in [4.78, 5) is 15.1. The molecule has 0 aliphatic carbocycles. The van der Waals surface area contributed by atoms with Crippen molar-refractivity contribution in [2.75, 3.05) is 19.6 Å². The van der Waals surface area contributed by atoms with Gasteiger partial charge in [-0.2, -0.15) is 0 Å². The van der Waals surface area contributed by atoms with Gasteiger partial charge in [0.2, 0.25) is 0 Å². The maximum atomic E-state index is 12.7. The van der Waals surface area contributed by atoms with Crippen LogP contribution < -0.4 is 5.32 Å². The van der Waals surface area contributed by atoms with Gasteiger partial charge < -0.3 is 15.0 Å². The fourth-order valence-electron chi connectivity index (χ4n) is 3.94. The quantitative estimate of drug-likeness (QED) is 0.925. The van der Waals surface area contributed by atoms with E-state index in [9.17, 15) is 4.79 Å². The molecule has 25 heavy (non-hydrogen) atoms. The second-order valence-corrected chi connectivity index (χ2v) is 7.06. The molecule has 3 fully saturated rings. The van der Waals surface area contributed by atoms with Gasteiger partial charge in [0.15, 0.2) is 0 Å². The average molecular weight is 336 g/mol. The van der Waals surface area contributed by atoms with E-state index in [1.807, 2.05) is 60.7 Å². The Bertz CT molecular complexity index is 656. The zero-order chi connectivity index (χ0) is 17.1. The summed E-state index contributed by atoms with van der Waals surface area (Å²) in [7, 11) is 0. The number of alkyl carbamates (subject to hydrolysis) is 1. The van der Waals surface area contributed by atoms with Crippen LogP contribution in [-0.4, -0.2) is 36.2 Å². The zero-order valence-corrected chi connectivity index (χ0v) is 14.4. The van der Waals surface area contributed by atoms with Crippen molar-refractivity contribution in [2.24, 2.45) is 0 Å². The van der Waals surface area contributed by atoms with Gasteiger partial charge in [0.1, 0.15) is 5.60 Å². The highest BCUT2D eigenvalue weighted by atomic mass is 16.6. The van der Waals surface area contributed by atoms with Crippen molar-refractivity contribution in [2.45, 2.75) is 30.9 Å². The highest BCUT2D eigenvalue weighted by molar-refractivity contribution is 5.69. The Kier molecular flexibility index (Phi) is 4.45. The molecule has 0 radical (unpaired) electrons. The van der Waals surface area contributed by atoms with E-state index in [0.29, 0.717) is 0 Å². The lowest BCUT2D eigenvalue weighted by molar-refractivity contribution is -0.0789. The predicted octanol–water partition coefficient (Wildman–Crippen LogP) is 3.74. The summed E-state index contributed by atoms with van der Waals surface area (Å²) in [5, 5.41) is 3.10. The number of hydrogen-bond acceptors (Lipinski definition) is 3. The molecule has 3 aliphatic heterocycles. The molecule has 3 saturated heterocycles. The number of piperidine rings is 3. The van der Waals surface area contributed by atoms with E-state index in [1.54, 1.807) is 0 Å². The number of benzene rings is 2. The Morgan fingerprint density at radius 3 is 1.84 bits per heavy atom. The van der Waals surface area contributed by atoms with Crippen molar-refractivity contribution >= 4 is 6.09 Å². The molecule has 2 aromatic rings. The van der Waals surface area contributed by atoms with Crippen LogP contribution in [0.5, 0.6) is 0 Å². The van der Waals surface area contributed by atoms with Gasteiger partial charge in [-0.05, 0) is 11.1 Å². The molecule has 3 heterocycles. The Balaban J connectivity index is 1.51. The second kappa shape index (κ2) is 6.89. The van der Waals surface area contributed by atoms with E-state index in [2.05, 4.69) is 10.2 Å². The van der Waals surface area contributed by atoms with E-state index in [4.69, 9.17) is 4.74 Å². The number of amides is 1. The van der Waals surface area contributed by atoms with Crippen molar-refractivity contribution in [3.05, 3.63) is 71.8 Å². The molecule has 0 atom stereocenters. The van der Waals surface area contributed by atoms with E-state index in [-0.39, 0.29) is 17.7 Å². The zero-order valence-electron chi connectivity index (χ0n) is 14.4. The molecule has 0 spiro atoms. The number of hydrogen-bond donors (Lipinski definition) is 1. The first-order valence-corrected chi connectivity index (χ1v) is 9.06. The first-order chi connectivity index (χ1) is 12.2. The third-order valence-electron chi connectivity index (χ3n) is 5.49. The van der Waals surface area contributed by atoms with Crippen molar-refractivity contribution in [3.63, 3.8) is 0 Å². The number of nitrogens with one attached hydrogen (secondary N) is 1. The molecule has 0 unspecified atom stereocenters. The molecular formula is C21H24N2O2. The van der Waals surface area contributed by atoms with Crippen LogP contribution in [0.3, 0.4) is 0 Å². The SMILES string of the molecule is O=C(NC(c1ccccc1)c1ccccc1)OC12CCN(CC1)CC2. The molecule has 1 amide bonds. The molecule has 0 saturated carbocycles. The first kappa shape index (κ1) is 16.2. The third-order valence-corrected chi connectivity index (χ3v) is 5.49. The molecule has 1 N–H and O–H groups in total. The Labute approximate surface area is 148 Å². The fourth-order valence-corrected chi connectivity index (χ4v) is 3.94. The number of ether oxygens (including phenoxy) is 1. The van der Waals surface area contributed by atoms with E-state index in [0.717, 1.165) is 50.0 Å². The number of fused-ring (bicyclic) bond motifs is 3. The summed E-state index contributed by atoms with van der Waals surface area (Å²) in [6.07, 6.45) is 2.53. The fraction of sp³-hybridized carbons (Fsp3) is 0.381. The van der Waals surface area contributed by atoms with Crippen LogP contribution in [-0.2, 0) is 4.74 Å². The van der Waals surface area contributed by atoms with Crippen molar-refractivity contribution in [1.29, 1.82) is 0 Å². The lowest BCUT2D eigenvalue weighted by Gasteiger charge is -2.47. The molecule has 2 aromatic carbocycles. The summed E-state index contributed by atoms with van der Waals surface area (Å²) in [5.41, 5.74) is 1.85. The van der Waals surface area contributed by atoms with Gasteiger partial charge >= 0.3 is 6.09 Å². The summed E-state index contributed by atoms with van der Waals surface area (Å²) in [5.74, 6) is 0. The number of nitrogens with zero attached hydrogens (tertiary/aromatic N) is 1. The molecule has 3 aliphatic rings. The standard InChI is InChI=1S/C21H24N2O2/c24-20(25-21-11-14-23(15-12-21)16-13-21)22-19(17-7-3-1-4-8-17)18-9-5-2-6-10-18/h1-10,19H,11-16H2,(H,22,24). The van der Waals surface area contributed by atoms with Gasteiger partial charge in [-0.3, -0.25) is 0 Å². The van der Waals surface area contributed by atoms with Crippen LogP contribution in [0.1, 0.15) is 36.4 Å². The highest BCUT2D eigenvalue weighted by Gasteiger charge is 2.42. The second-order valence-electron chi connectivity index (χ2n) is 7.06. The number of carbonyl (C=O) groups excluding carboxylic acids is 1. The smallest absolute Gasteiger partial charge is 0.408 e. The lowest BCUT2D eigenvalue weighted by atomic mass is 9.83. The maximum Gasteiger partial charge on any atom is 0.408 e. The summed E-state index contributed by atoms with van der Waals surface area (Å²) < 4.78 is 5.96. The van der Waals surface area contributed by atoms with Crippen molar-refractivity contribution in [1.82, 2.24) is 10.2 Å². The van der Waals surface area contributed by atoms with Gasteiger partial charge in [-0.1, -0.05) is 60.7 Å². The molecule has 4 heteroatoms. The molecule has 0 aromatic heterocycles. The highest BCUT2D eigenvalue weighted by Crippen LogP contribution is 2.35. The lowest BCUT2D eigenvalue weighted by Crippen LogP contribution is -2.55. The molecular weight excluding hydrogens is 312 g/mol. The Morgan fingerprint density at radius 2 is 1.36 bits per heavy atom. The van der Waals surface area contributed by atoms with E-state index >= 15 is 0 Å². The molecule has 130 valence electrons. The molecule has 5 rings (SSSR count). The van der Waals surface area contributed by atoms with Crippen LogP contribution in [0, 0.1) is 0 Å². The van der Waals surface area contributed by atoms with Crippen LogP contribution in [0.2, 0.25) is 0 Å². The minimum atomic E-state index is -0.312. The maximum absolute atomic E-state index is 12.7. The van der Waals surface area contributed by atoms with Gasteiger partial charge in [0, 0.05) is 38.9 Å². The molecule has 4 nitrogen and oxygen atoms in total. The van der Waals surface area contributed by atoms with Crippen molar-refractivity contribution in [3.8, 4) is 0 Å². The van der Waals surface area contributed by atoms with E-state index < -0.39 is 0 Å². The van der Waals surface area contributed by atoms with Gasteiger partial charge in [0.05, 0.1) is 6.04 Å². The van der Waals surface area contributed by atoms with Gasteiger partial charge in [0.25, 0.3) is 0 Å². The monoisotopic (exact) mass is 336 g/mol. The Hall–Kier alpha value is -2.33. The Morgan fingerprint density at radius 1 is 0.880 bits per heavy atom. The van der Waals surface area contributed by atoms with Gasteiger partial charge in [-0.25, -0.2) is 4.79 Å².